The molecule has 0 bridgehead atoms. The van der Waals surface area contributed by atoms with E-state index in [9.17, 15) is 9.00 Å². The van der Waals surface area contributed by atoms with Gasteiger partial charge in [0.05, 0.1) is 17.4 Å². The number of allylic oxidation sites excluding steroid dienone is 2. The van der Waals surface area contributed by atoms with Gasteiger partial charge in [-0.15, -0.1) is 0 Å². The van der Waals surface area contributed by atoms with E-state index in [1.54, 1.807) is 23.8 Å². The number of hydrogen-bond donors (Lipinski definition) is 0. The van der Waals surface area contributed by atoms with Crippen LogP contribution in [0.4, 0.5) is 0 Å². The quantitative estimate of drug-likeness (QED) is 0.646. The highest BCUT2D eigenvalue weighted by Gasteiger charge is 2.06. The van der Waals surface area contributed by atoms with Crippen molar-refractivity contribution in [2.45, 2.75) is 19.8 Å². The maximum Gasteiger partial charge on any atom is 0.306 e. The van der Waals surface area contributed by atoms with Crippen molar-refractivity contribution in [3.8, 4) is 0 Å². The summed E-state index contributed by atoms with van der Waals surface area (Å²) in [6.45, 7) is 2.20. The molecule has 0 saturated carbocycles. The molecular formula is C9H12O3S. The van der Waals surface area contributed by atoms with E-state index >= 15 is 0 Å². The molecule has 0 aromatic rings. The van der Waals surface area contributed by atoms with Crippen molar-refractivity contribution in [2.75, 3.05) is 6.61 Å². The number of ether oxygens (including phenoxy) is 1. The lowest BCUT2D eigenvalue weighted by atomic mass is 10.2. The minimum Gasteiger partial charge on any atom is -0.466 e. The molecule has 0 aromatic carbocycles. The largest absolute Gasteiger partial charge is 0.466 e. The van der Waals surface area contributed by atoms with Crippen LogP contribution in [0.3, 0.4) is 0 Å². The lowest BCUT2D eigenvalue weighted by Crippen LogP contribution is -2.03. The normalized spacial score (nSPS) is 20.1. The molecule has 0 saturated heterocycles. The third-order valence-electron chi connectivity index (χ3n) is 1.61. The second-order valence-electron chi connectivity index (χ2n) is 2.63. The molecule has 0 aromatic heterocycles. The lowest BCUT2D eigenvalue weighted by molar-refractivity contribution is -0.143. The zero-order valence-electron chi connectivity index (χ0n) is 7.49. The molecule has 3 nitrogen and oxygen atoms in total. The molecular weight excluding hydrogens is 188 g/mol. The Hall–Kier alpha value is -0.900. The summed E-state index contributed by atoms with van der Waals surface area (Å²) in [6.07, 6.45) is 2.76. The number of carbonyl (C=O) groups excluding carboxylic acids is 1. The Morgan fingerprint density at radius 1 is 1.62 bits per heavy atom. The Kier molecular flexibility index (Phi) is 3.89. The predicted molar refractivity (Wildman–Crippen MR) is 51.2 cm³/mol. The molecule has 1 unspecified atom stereocenters. The van der Waals surface area contributed by atoms with Crippen LogP contribution in [0.1, 0.15) is 19.8 Å². The van der Waals surface area contributed by atoms with E-state index < -0.39 is 10.8 Å². The van der Waals surface area contributed by atoms with Crippen LogP contribution in [0.5, 0.6) is 0 Å². The van der Waals surface area contributed by atoms with Gasteiger partial charge in [-0.2, -0.15) is 0 Å². The summed E-state index contributed by atoms with van der Waals surface area (Å²) >= 11 is 0. The zero-order chi connectivity index (χ0) is 9.68. The summed E-state index contributed by atoms with van der Waals surface area (Å²) in [6, 6.07) is 0. The van der Waals surface area contributed by atoms with Crippen molar-refractivity contribution in [1.82, 2.24) is 0 Å². The van der Waals surface area contributed by atoms with Gasteiger partial charge in [-0.1, -0.05) is 0 Å². The van der Waals surface area contributed by atoms with Gasteiger partial charge in [-0.25, -0.2) is 0 Å². The molecule has 1 heterocycles. The van der Waals surface area contributed by atoms with E-state index in [1.165, 1.54) is 0 Å². The number of esters is 1. The Morgan fingerprint density at radius 3 is 2.92 bits per heavy atom. The summed E-state index contributed by atoms with van der Waals surface area (Å²) in [5, 5.41) is 3.26. The Bertz CT molecular complexity index is 279. The number of rotatable bonds is 4. The van der Waals surface area contributed by atoms with E-state index in [2.05, 4.69) is 0 Å². The van der Waals surface area contributed by atoms with Gasteiger partial charge >= 0.3 is 5.97 Å². The molecule has 72 valence electrons. The Morgan fingerprint density at radius 2 is 2.38 bits per heavy atom. The molecule has 0 radical (unpaired) electrons. The molecule has 0 N–H and O–H groups in total. The van der Waals surface area contributed by atoms with Crippen LogP contribution in [-0.4, -0.2) is 16.8 Å². The van der Waals surface area contributed by atoms with Crippen molar-refractivity contribution in [2.24, 2.45) is 0 Å². The highest BCUT2D eigenvalue weighted by atomic mass is 32.2. The molecule has 4 heteroatoms. The number of hydrogen-bond acceptors (Lipinski definition) is 3. The minimum atomic E-state index is -0.966. The first-order chi connectivity index (χ1) is 6.22. The summed E-state index contributed by atoms with van der Waals surface area (Å²) in [7, 11) is -0.966. The van der Waals surface area contributed by atoms with E-state index in [1.807, 2.05) is 0 Å². The van der Waals surface area contributed by atoms with Crippen LogP contribution in [0.25, 0.3) is 0 Å². The Balaban J connectivity index is 2.27. The van der Waals surface area contributed by atoms with Gasteiger partial charge in [-0.3, -0.25) is 9.00 Å². The molecule has 1 aliphatic rings. The minimum absolute atomic E-state index is 0.200. The van der Waals surface area contributed by atoms with Gasteiger partial charge in [0.2, 0.25) is 0 Å². The van der Waals surface area contributed by atoms with Gasteiger partial charge in [-0.05, 0) is 25.0 Å². The highest BCUT2D eigenvalue weighted by molar-refractivity contribution is 7.91. The molecule has 0 spiro atoms. The monoisotopic (exact) mass is 200 g/mol. The molecule has 1 atom stereocenters. The molecule has 1 rings (SSSR count). The van der Waals surface area contributed by atoms with Crippen molar-refractivity contribution in [3.05, 3.63) is 22.5 Å². The fourth-order valence-corrected chi connectivity index (χ4v) is 1.89. The van der Waals surface area contributed by atoms with Crippen LogP contribution in [0.2, 0.25) is 0 Å². The van der Waals surface area contributed by atoms with Gasteiger partial charge in [0.25, 0.3) is 0 Å². The van der Waals surface area contributed by atoms with Crippen LogP contribution < -0.4 is 0 Å². The second kappa shape index (κ2) is 4.97. The first kappa shape index (κ1) is 10.2. The maximum atomic E-state index is 10.9. The average Bonchev–Trinajstić information content (AvgIpc) is 2.49. The van der Waals surface area contributed by atoms with E-state index in [0.717, 1.165) is 5.57 Å². The lowest BCUT2D eigenvalue weighted by Gasteiger charge is -2.00. The summed E-state index contributed by atoms with van der Waals surface area (Å²) in [5.41, 5.74) is 0.950. The molecule has 0 fully saturated rings. The van der Waals surface area contributed by atoms with E-state index in [4.69, 9.17) is 4.74 Å². The van der Waals surface area contributed by atoms with E-state index in [-0.39, 0.29) is 5.97 Å². The van der Waals surface area contributed by atoms with Crippen molar-refractivity contribution >= 4 is 16.8 Å². The molecule has 1 aliphatic heterocycles. The zero-order valence-corrected chi connectivity index (χ0v) is 8.30. The first-order valence-electron chi connectivity index (χ1n) is 4.16. The number of carbonyl (C=O) groups is 1. The van der Waals surface area contributed by atoms with Crippen LogP contribution in [0, 0.1) is 0 Å². The molecule has 0 amide bonds. The molecule has 0 aliphatic carbocycles. The second-order valence-corrected chi connectivity index (χ2v) is 3.79. The summed E-state index contributed by atoms with van der Waals surface area (Å²) in [4.78, 5) is 10.9. The third-order valence-corrected chi connectivity index (χ3v) is 2.55. The van der Waals surface area contributed by atoms with Gasteiger partial charge in [0.15, 0.2) is 0 Å². The van der Waals surface area contributed by atoms with Gasteiger partial charge in [0.1, 0.15) is 0 Å². The summed E-state index contributed by atoms with van der Waals surface area (Å²) < 4.78 is 15.6. The topological polar surface area (TPSA) is 43.4 Å². The highest BCUT2D eigenvalue weighted by Crippen LogP contribution is 2.15. The first-order valence-corrected chi connectivity index (χ1v) is 5.44. The van der Waals surface area contributed by atoms with Gasteiger partial charge in [0, 0.05) is 17.2 Å². The van der Waals surface area contributed by atoms with Crippen molar-refractivity contribution in [1.29, 1.82) is 0 Å². The smallest absolute Gasteiger partial charge is 0.306 e. The molecule has 13 heavy (non-hydrogen) atoms. The van der Waals surface area contributed by atoms with Crippen LogP contribution >= 0.6 is 0 Å². The fraction of sp³-hybridized carbons (Fsp3) is 0.444. The van der Waals surface area contributed by atoms with E-state index in [0.29, 0.717) is 19.4 Å². The van der Waals surface area contributed by atoms with Crippen molar-refractivity contribution in [3.63, 3.8) is 0 Å². The van der Waals surface area contributed by atoms with Gasteiger partial charge < -0.3 is 4.74 Å². The Labute approximate surface area is 79.9 Å². The van der Waals surface area contributed by atoms with Crippen LogP contribution in [0.15, 0.2) is 22.5 Å². The predicted octanol–water partition coefficient (Wildman–Crippen LogP) is 1.49. The SMILES string of the molecule is CCOC(=O)CCC1=CS(=O)C=C1. The standard InChI is InChI=1S/C9H12O3S/c1-2-12-9(10)4-3-8-5-6-13(11)7-8/h5-7H,2-4H2,1H3. The maximum absolute atomic E-state index is 10.9. The third kappa shape index (κ3) is 3.55. The fourth-order valence-electron chi connectivity index (χ4n) is 1.00. The average molecular weight is 200 g/mol. The van der Waals surface area contributed by atoms with Crippen LogP contribution in [-0.2, 0) is 20.3 Å². The summed E-state index contributed by atoms with van der Waals surface area (Å²) in [5.74, 6) is -0.200. The van der Waals surface area contributed by atoms with Crippen molar-refractivity contribution < 1.29 is 13.7 Å².